The van der Waals surface area contributed by atoms with E-state index in [9.17, 15) is 9.59 Å². The third kappa shape index (κ3) is 2.50. The highest BCUT2D eigenvalue weighted by Crippen LogP contribution is 2.08. The number of aryl methyl sites for hydroxylation is 1. The molecular weight excluding hydrogens is 220 g/mol. The molecule has 5 nitrogen and oxygen atoms in total. The van der Waals surface area contributed by atoms with Crippen LogP contribution in [-0.4, -0.2) is 20.6 Å². The van der Waals surface area contributed by atoms with E-state index in [1.165, 1.54) is 10.6 Å². The van der Waals surface area contributed by atoms with E-state index >= 15 is 0 Å². The summed E-state index contributed by atoms with van der Waals surface area (Å²) < 4.78 is 1.51. The Morgan fingerprint density at radius 1 is 1.35 bits per heavy atom. The van der Waals surface area contributed by atoms with Crippen molar-refractivity contribution in [2.45, 2.75) is 19.4 Å². The van der Waals surface area contributed by atoms with Crippen molar-refractivity contribution in [1.82, 2.24) is 9.55 Å². The molecule has 0 saturated heterocycles. The van der Waals surface area contributed by atoms with Crippen LogP contribution in [0, 0.1) is 0 Å². The van der Waals surface area contributed by atoms with Gasteiger partial charge in [-0.3, -0.25) is 14.2 Å². The third-order valence-corrected chi connectivity index (χ3v) is 2.52. The van der Waals surface area contributed by atoms with Crippen LogP contribution in [-0.2, 0) is 11.3 Å². The van der Waals surface area contributed by atoms with Crippen molar-refractivity contribution in [3.8, 4) is 0 Å². The molecule has 0 saturated carbocycles. The van der Waals surface area contributed by atoms with Crippen LogP contribution in [0.4, 0.5) is 0 Å². The normalized spacial score (nSPS) is 10.6. The molecule has 0 aliphatic rings. The van der Waals surface area contributed by atoms with Crippen LogP contribution in [0.3, 0.4) is 0 Å². The van der Waals surface area contributed by atoms with E-state index in [-0.39, 0.29) is 12.0 Å². The zero-order valence-electron chi connectivity index (χ0n) is 9.17. The van der Waals surface area contributed by atoms with E-state index < -0.39 is 5.97 Å². The number of aliphatic carboxylic acids is 1. The number of carboxylic acids is 1. The van der Waals surface area contributed by atoms with E-state index in [1.807, 2.05) is 6.07 Å². The molecule has 2 aromatic rings. The largest absolute Gasteiger partial charge is 0.481 e. The highest BCUT2D eigenvalue weighted by atomic mass is 16.4. The van der Waals surface area contributed by atoms with Gasteiger partial charge in [0, 0.05) is 30.6 Å². The first-order valence-electron chi connectivity index (χ1n) is 5.35. The van der Waals surface area contributed by atoms with Crippen LogP contribution in [0.15, 0.2) is 35.3 Å². The number of hydrogen-bond acceptors (Lipinski definition) is 3. The quantitative estimate of drug-likeness (QED) is 0.861. The fourth-order valence-electron chi connectivity index (χ4n) is 1.72. The van der Waals surface area contributed by atoms with Crippen LogP contribution in [0.2, 0.25) is 0 Å². The summed E-state index contributed by atoms with van der Waals surface area (Å²) in [7, 11) is 0. The van der Waals surface area contributed by atoms with Crippen molar-refractivity contribution in [1.29, 1.82) is 0 Å². The molecule has 0 spiro atoms. The lowest BCUT2D eigenvalue weighted by molar-refractivity contribution is -0.137. The van der Waals surface area contributed by atoms with Crippen LogP contribution < -0.4 is 5.56 Å². The Hall–Kier alpha value is -2.17. The van der Waals surface area contributed by atoms with Gasteiger partial charge in [0.15, 0.2) is 0 Å². The maximum Gasteiger partial charge on any atom is 0.303 e. The number of rotatable bonds is 4. The van der Waals surface area contributed by atoms with Gasteiger partial charge in [0.1, 0.15) is 5.65 Å². The second-order valence-electron chi connectivity index (χ2n) is 3.74. The molecule has 0 aliphatic heterocycles. The summed E-state index contributed by atoms with van der Waals surface area (Å²) in [4.78, 5) is 26.3. The zero-order valence-corrected chi connectivity index (χ0v) is 9.17. The molecular formula is C12H12N2O3. The average molecular weight is 232 g/mol. The minimum atomic E-state index is -0.855. The van der Waals surface area contributed by atoms with Crippen molar-refractivity contribution < 1.29 is 9.90 Å². The Labute approximate surface area is 97.3 Å². The maximum absolute atomic E-state index is 11.7. The molecule has 17 heavy (non-hydrogen) atoms. The van der Waals surface area contributed by atoms with E-state index in [2.05, 4.69) is 4.98 Å². The molecule has 5 heteroatoms. The van der Waals surface area contributed by atoms with E-state index in [1.54, 1.807) is 18.3 Å². The minimum absolute atomic E-state index is 0.0513. The van der Waals surface area contributed by atoms with Crippen LogP contribution in [0.25, 0.3) is 11.0 Å². The average Bonchev–Trinajstić information content (AvgIpc) is 2.32. The van der Waals surface area contributed by atoms with Crippen molar-refractivity contribution in [3.05, 3.63) is 40.8 Å². The summed E-state index contributed by atoms with van der Waals surface area (Å²) >= 11 is 0. The summed E-state index contributed by atoms with van der Waals surface area (Å²) in [5.74, 6) is -0.855. The second kappa shape index (κ2) is 4.78. The predicted molar refractivity (Wildman–Crippen MR) is 62.9 cm³/mol. The Morgan fingerprint density at radius 2 is 2.18 bits per heavy atom. The second-order valence-corrected chi connectivity index (χ2v) is 3.74. The number of carbonyl (C=O) groups is 1. The first-order valence-corrected chi connectivity index (χ1v) is 5.35. The highest BCUT2D eigenvalue weighted by Gasteiger charge is 2.04. The van der Waals surface area contributed by atoms with Crippen molar-refractivity contribution in [2.24, 2.45) is 0 Å². The molecule has 2 aromatic heterocycles. The third-order valence-electron chi connectivity index (χ3n) is 2.52. The Morgan fingerprint density at radius 3 is 2.94 bits per heavy atom. The molecule has 0 atom stereocenters. The molecule has 88 valence electrons. The molecule has 0 unspecified atom stereocenters. The van der Waals surface area contributed by atoms with Crippen molar-refractivity contribution in [3.63, 3.8) is 0 Å². The molecule has 0 aliphatic carbocycles. The van der Waals surface area contributed by atoms with Crippen molar-refractivity contribution in [2.75, 3.05) is 0 Å². The SMILES string of the molecule is O=C(O)CCCn1c(=O)ccc2cccnc21. The molecule has 0 bridgehead atoms. The van der Waals surface area contributed by atoms with E-state index in [0.29, 0.717) is 18.6 Å². The van der Waals surface area contributed by atoms with Gasteiger partial charge in [0.25, 0.3) is 5.56 Å². The summed E-state index contributed by atoms with van der Waals surface area (Å²) in [5.41, 5.74) is 0.451. The Kier molecular flexibility index (Phi) is 3.18. The van der Waals surface area contributed by atoms with E-state index in [4.69, 9.17) is 5.11 Å². The fraction of sp³-hybridized carbons (Fsp3) is 0.250. The molecule has 1 N–H and O–H groups in total. The molecule has 2 rings (SSSR count). The molecule has 0 fully saturated rings. The van der Waals surface area contributed by atoms with Gasteiger partial charge in [-0.2, -0.15) is 0 Å². The van der Waals surface area contributed by atoms with Gasteiger partial charge in [-0.1, -0.05) is 0 Å². The number of fused-ring (bicyclic) bond motifs is 1. The van der Waals surface area contributed by atoms with Gasteiger partial charge >= 0.3 is 5.97 Å². The maximum atomic E-state index is 11.7. The first kappa shape index (κ1) is 11.3. The van der Waals surface area contributed by atoms with Gasteiger partial charge in [0.2, 0.25) is 0 Å². The first-order chi connectivity index (χ1) is 8.18. The summed E-state index contributed by atoms with van der Waals surface area (Å²) in [6, 6.07) is 6.87. The lowest BCUT2D eigenvalue weighted by Crippen LogP contribution is -2.20. The Bertz CT molecular complexity index is 604. The number of hydrogen-bond donors (Lipinski definition) is 1. The van der Waals surface area contributed by atoms with Gasteiger partial charge in [0.05, 0.1) is 0 Å². The number of pyridine rings is 2. The predicted octanol–water partition coefficient (Wildman–Crippen LogP) is 1.26. The Balaban J connectivity index is 2.34. The van der Waals surface area contributed by atoms with Gasteiger partial charge in [-0.25, -0.2) is 4.98 Å². The topological polar surface area (TPSA) is 72.2 Å². The summed E-state index contributed by atoms with van der Waals surface area (Å²) in [6.45, 7) is 0.374. The monoisotopic (exact) mass is 232 g/mol. The van der Waals surface area contributed by atoms with Gasteiger partial charge < -0.3 is 5.11 Å². The molecule has 2 heterocycles. The van der Waals surface area contributed by atoms with E-state index in [0.717, 1.165) is 5.39 Å². The van der Waals surface area contributed by atoms with Crippen LogP contribution >= 0.6 is 0 Å². The molecule has 0 aromatic carbocycles. The standard InChI is InChI=1S/C12H12N2O3/c15-10-6-5-9-3-1-7-13-12(9)14(10)8-2-4-11(16)17/h1,3,5-7H,2,4,8H2,(H,16,17). The number of nitrogens with zero attached hydrogens (tertiary/aromatic N) is 2. The number of aromatic nitrogens is 2. The zero-order chi connectivity index (χ0) is 12.3. The fourth-order valence-corrected chi connectivity index (χ4v) is 1.72. The lowest BCUT2D eigenvalue weighted by Gasteiger charge is -2.07. The number of carboxylic acid groups (broad SMARTS) is 1. The lowest BCUT2D eigenvalue weighted by atomic mass is 10.2. The van der Waals surface area contributed by atoms with Crippen LogP contribution in [0.1, 0.15) is 12.8 Å². The summed E-state index contributed by atoms with van der Waals surface area (Å²) in [6.07, 6.45) is 2.09. The van der Waals surface area contributed by atoms with Gasteiger partial charge in [-0.05, 0) is 24.6 Å². The summed E-state index contributed by atoms with van der Waals surface area (Å²) in [5, 5.41) is 9.45. The smallest absolute Gasteiger partial charge is 0.303 e. The van der Waals surface area contributed by atoms with Crippen molar-refractivity contribution >= 4 is 17.0 Å². The molecule has 0 amide bonds. The van der Waals surface area contributed by atoms with Crippen LogP contribution in [0.5, 0.6) is 0 Å². The molecule has 0 radical (unpaired) electrons. The van der Waals surface area contributed by atoms with Gasteiger partial charge in [-0.15, -0.1) is 0 Å². The minimum Gasteiger partial charge on any atom is -0.481 e. The highest BCUT2D eigenvalue weighted by molar-refractivity contribution is 5.74.